The van der Waals surface area contributed by atoms with Gasteiger partial charge in [0, 0.05) is 0 Å². The van der Waals surface area contributed by atoms with Crippen molar-refractivity contribution in [1.82, 2.24) is 0 Å². The van der Waals surface area contributed by atoms with Crippen LogP contribution in [0, 0.1) is 5.82 Å². The zero-order chi connectivity index (χ0) is 9.14. The third kappa shape index (κ3) is 2.99. The molecule has 0 radical (unpaired) electrons. The maximum absolute atomic E-state index is 12.9. The molecule has 0 aromatic heterocycles. The number of rotatable bonds is 1. The summed E-state index contributed by atoms with van der Waals surface area (Å²) in [6, 6.07) is 4.94. The Hall–Kier alpha value is 0.330. The summed E-state index contributed by atoms with van der Waals surface area (Å²) in [5.41, 5.74) is 0.805. The van der Waals surface area contributed by atoms with Gasteiger partial charge in [-0.05, 0) is 71.6 Å². The Morgan fingerprint density at radius 3 is 2.50 bits per heavy atom. The van der Waals surface area contributed by atoms with Gasteiger partial charge < -0.3 is 0 Å². The summed E-state index contributed by atoms with van der Waals surface area (Å²) >= 11 is 9.47. The molecule has 12 heavy (non-hydrogen) atoms. The lowest BCUT2D eigenvalue weighted by Gasteiger charge is -1.96. The van der Waals surface area contributed by atoms with E-state index in [1.54, 1.807) is 12.1 Å². The molecule has 0 fully saturated rings. The lowest BCUT2D eigenvalue weighted by molar-refractivity contribution is 0.621. The Balaban J connectivity index is 3.05. The van der Waals surface area contributed by atoms with Crippen molar-refractivity contribution < 1.29 is 4.39 Å². The monoisotopic (exact) mass is 356 g/mol. The molecule has 0 bridgehead atoms. The smallest absolute Gasteiger partial charge is 0.137 e. The second-order valence-corrected chi connectivity index (χ2v) is 5.73. The normalized spacial score (nSPS) is 9.67. The van der Waals surface area contributed by atoms with E-state index in [2.05, 4.69) is 47.8 Å². The van der Waals surface area contributed by atoms with Crippen molar-refractivity contribution in [2.24, 2.45) is 0 Å². The van der Waals surface area contributed by atoms with Crippen LogP contribution < -0.4 is 0 Å². The topological polar surface area (TPSA) is 0 Å². The first-order valence-electron chi connectivity index (χ1n) is 3.07. The summed E-state index contributed by atoms with van der Waals surface area (Å²) in [6.07, 6.45) is 1.77. The van der Waals surface area contributed by atoms with Gasteiger partial charge in [-0.3, -0.25) is 0 Å². The standard InChI is InChI=1S/C8H4Br3F/c9-6-2-1-5(3-7(6)12)4-8(10)11/h1-4H. The number of hydrogen-bond acceptors (Lipinski definition) is 0. The van der Waals surface area contributed by atoms with E-state index < -0.39 is 0 Å². The minimum Gasteiger partial charge on any atom is -0.206 e. The van der Waals surface area contributed by atoms with Crippen LogP contribution in [0.2, 0.25) is 0 Å². The molecule has 0 nitrogen and oxygen atoms in total. The van der Waals surface area contributed by atoms with E-state index in [1.807, 2.05) is 6.07 Å². The van der Waals surface area contributed by atoms with Crippen LogP contribution in [0.3, 0.4) is 0 Å². The molecule has 0 aliphatic carbocycles. The van der Waals surface area contributed by atoms with Crippen molar-refractivity contribution in [3.8, 4) is 0 Å². The van der Waals surface area contributed by atoms with Crippen molar-refractivity contribution in [3.63, 3.8) is 0 Å². The Kier molecular flexibility index (Phi) is 3.93. The Morgan fingerprint density at radius 2 is 2.00 bits per heavy atom. The van der Waals surface area contributed by atoms with E-state index in [-0.39, 0.29) is 5.82 Å². The fraction of sp³-hybridized carbons (Fsp3) is 0. The minimum atomic E-state index is -0.259. The zero-order valence-corrected chi connectivity index (χ0v) is 10.6. The third-order valence-electron chi connectivity index (χ3n) is 1.22. The van der Waals surface area contributed by atoms with E-state index in [0.717, 1.165) is 8.96 Å². The lowest BCUT2D eigenvalue weighted by Crippen LogP contribution is -1.78. The van der Waals surface area contributed by atoms with Crippen LogP contribution in [-0.4, -0.2) is 0 Å². The molecule has 0 aliphatic rings. The maximum Gasteiger partial charge on any atom is 0.137 e. The second-order valence-electron chi connectivity index (χ2n) is 2.11. The van der Waals surface area contributed by atoms with Gasteiger partial charge in [-0.25, -0.2) is 4.39 Å². The summed E-state index contributed by atoms with van der Waals surface area (Å²) in [4.78, 5) is 0. The first-order chi connectivity index (χ1) is 5.59. The zero-order valence-electron chi connectivity index (χ0n) is 5.82. The number of benzene rings is 1. The molecule has 64 valence electrons. The van der Waals surface area contributed by atoms with Gasteiger partial charge in [0.05, 0.1) is 7.86 Å². The van der Waals surface area contributed by atoms with Crippen molar-refractivity contribution >= 4 is 53.9 Å². The van der Waals surface area contributed by atoms with Crippen molar-refractivity contribution in [2.45, 2.75) is 0 Å². The average Bonchev–Trinajstić information content (AvgIpc) is 1.96. The Bertz CT molecular complexity index is 316. The van der Waals surface area contributed by atoms with E-state index in [0.29, 0.717) is 4.47 Å². The molecule has 0 unspecified atom stereocenters. The highest BCUT2D eigenvalue weighted by molar-refractivity contribution is 9.28. The van der Waals surface area contributed by atoms with Crippen molar-refractivity contribution in [1.29, 1.82) is 0 Å². The molecule has 4 heteroatoms. The molecular weight excluding hydrogens is 355 g/mol. The molecule has 0 saturated heterocycles. The van der Waals surface area contributed by atoms with Crippen LogP contribution in [0.1, 0.15) is 5.56 Å². The van der Waals surface area contributed by atoms with Crippen LogP contribution in [0.5, 0.6) is 0 Å². The summed E-state index contributed by atoms with van der Waals surface area (Å²) < 4.78 is 14.2. The number of hydrogen-bond donors (Lipinski definition) is 0. The molecular formula is C8H4Br3F. The molecule has 1 aromatic rings. The SMILES string of the molecule is Fc1cc(C=C(Br)Br)ccc1Br. The second kappa shape index (κ2) is 4.53. The van der Waals surface area contributed by atoms with Crippen LogP contribution >= 0.6 is 47.8 Å². The summed E-state index contributed by atoms with van der Waals surface area (Å²) in [7, 11) is 0. The van der Waals surface area contributed by atoms with Crippen LogP contribution in [0.25, 0.3) is 6.08 Å². The quantitative estimate of drug-likeness (QED) is 0.684. The van der Waals surface area contributed by atoms with Crippen molar-refractivity contribution in [2.75, 3.05) is 0 Å². The van der Waals surface area contributed by atoms with Crippen LogP contribution in [0.4, 0.5) is 4.39 Å². The highest BCUT2D eigenvalue weighted by Gasteiger charge is 1.98. The fourth-order valence-corrected chi connectivity index (χ4v) is 1.50. The summed E-state index contributed by atoms with van der Waals surface area (Å²) in [5.74, 6) is -0.259. The fourth-order valence-electron chi connectivity index (χ4n) is 0.728. The van der Waals surface area contributed by atoms with E-state index in [1.165, 1.54) is 6.07 Å². The average molecular weight is 359 g/mol. The molecule has 0 saturated carbocycles. The van der Waals surface area contributed by atoms with Gasteiger partial charge in [-0.1, -0.05) is 6.07 Å². The predicted octanol–water partition coefficient (Wildman–Crippen LogP) is 4.68. The highest BCUT2D eigenvalue weighted by Crippen LogP contribution is 2.21. The highest BCUT2D eigenvalue weighted by atomic mass is 79.9. The van der Waals surface area contributed by atoms with Crippen molar-refractivity contribution in [3.05, 3.63) is 37.4 Å². The molecule has 0 heterocycles. The Morgan fingerprint density at radius 1 is 1.33 bits per heavy atom. The molecule has 1 rings (SSSR count). The lowest BCUT2D eigenvalue weighted by atomic mass is 10.2. The largest absolute Gasteiger partial charge is 0.206 e. The molecule has 0 N–H and O–H groups in total. The van der Waals surface area contributed by atoms with Gasteiger partial charge in [0.1, 0.15) is 5.82 Å². The van der Waals surface area contributed by atoms with E-state index in [4.69, 9.17) is 0 Å². The van der Waals surface area contributed by atoms with Gasteiger partial charge >= 0.3 is 0 Å². The first kappa shape index (κ1) is 10.4. The van der Waals surface area contributed by atoms with Gasteiger partial charge in [0.15, 0.2) is 0 Å². The molecule has 1 aromatic carbocycles. The molecule has 0 atom stereocenters. The summed E-state index contributed by atoms with van der Waals surface area (Å²) in [5, 5.41) is 0. The predicted molar refractivity (Wildman–Crippen MR) is 59.9 cm³/mol. The van der Waals surface area contributed by atoms with Crippen LogP contribution in [0.15, 0.2) is 26.1 Å². The maximum atomic E-state index is 12.9. The molecule has 0 aliphatic heterocycles. The first-order valence-corrected chi connectivity index (χ1v) is 5.45. The summed E-state index contributed by atoms with van der Waals surface area (Å²) in [6.45, 7) is 0. The van der Waals surface area contributed by atoms with Gasteiger partial charge in [-0.15, -0.1) is 0 Å². The van der Waals surface area contributed by atoms with Gasteiger partial charge in [0.2, 0.25) is 0 Å². The molecule has 0 spiro atoms. The minimum absolute atomic E-state index is 0.259. The van der Waals surface area contributed by atoms with E-state index >= 15 is 0 Å². The molecule has 0 amide bonds. The van der Waals surface area contributed by atoms with E-state index in [9.17, 15) is 4.39 Å². The van der Waals surface area contributed by atoms with Crippen LogP contribution in [-0.2, 0) is 0 Å². The van der Waals surface area contributed by atoms with Gasteiger partial charge in [-0.2, -0.15) is 0 Å². The third-order valence-corrected chi connectivity index (χ3v) is 2.32. The number of halogens is 4. The Labute approximate surface area is 95.2 Å². The van der Waals surface area contributed by atoms with Gasteiger partial charge in [0.25, 0.3) is 0 Å².